The van der Waals surface area contributed by atoms with Crippen LogP contribution in [0.2, 0.25) is 0 Å². The highest BCUT2D eigenvalue weighted by Gasteiger charge is 2.25. The number of fused-ring (bicyclic) bond motifs is 1. The fourth-order valence-electron chi connectivity index (χ4n) is 3.61. The first-order valence-electron chi connectivity index (χ1n) is 9.93. The Morgan fingerprint density at radius 2 is 2.13 bits per heavy atom. The van der Waals surface area contributed by atoms with Crippen molar-refractivity contribution in [3.8, 4) is 23.3 Å². The Labute approximate surface area is 174 Å². The molecule has 0 saturated heterocycles. The van der Waals surface area contributed by atoms with Gasteiger partial charge in [0, 0.05) is 17.8 Å². The number of nitriles is 1. The molecule has 0 spiro atoms. The van der Waals surface area contributed by atoms with Crippen LogP contribution in [-0.2, 0) is 6.42 Å². The highest BCUT2D eigenvalue weighted by atomic mass is 16.5. The molecule has 3 aromatic rings. The molecule has 0 fully saturated rings. The average molecular weight is 402 g/mol. The Morgan fingerprint density at radius 3 is 2.87 bits per heavy atom. The van der Waals surface area contributed by atoms with E-state index in [-0.39, 0.29) is 11.9 Å². The Hall–Kier alpha value is -3.66. The molecule has 1 aliphatic heterocycles. The molecule has 1 aliphatic rings. The van der Waals surface area contributed by atoms with Gasteiger partial charge in [0.15, 0.2) is 5.78 Å². The van der Waals surface area contributed by atoms with E-state index in [1.54, 1.807) is 25.1 Å². The van der Waals surface area contributed by atoms with Gasteiger partial charge >= 0.3 is 0 Å². The summed E-state index contributed by atoms with van der Waals surface area (Å²) < 4.78 is 11.4. The van der Waals surface area contributed by atoms with E-state index in [0.29, 0.717) is 34.3 Å². The Kier molecular flexibility index (Phi) is 5.23. The number of carbonyl (C=O) groups is 1. The highest BCUT2D eigenvalue weighted by Crippen LogP contribution is 2.36. The molecule has 7 heteroatoms. The van der Waals surface area contributed by atoms with Gasteiger partial charge in [0.25, 0.3) is 11.8 Å². The average Bonchev–Trinajstić information content (AvgIpc) is 3.22. The summed E-state index contributed by atoms with van der Waals surface area (Å²) in [5.41, 5.74) is 3.78. The van der Waals surface area contributed by atoms with E-state index in [1.165, 1.54) is 0 Å². The molecule has 2 heterocycles. The third-order valence-electron chi connectivity index (χ3n) is 4.98. The van der Waals surface area contributed by atoms with E-state index < -0.39 is 0 Å². The first-order chi connectivity index (χ1) is 14.5. The van der Waals surface area contributed by atoms with Crippen LogP contribution < -0.4 is 9.64 Å². The van der Waals surface area contributed by atoms with Crippen LogP contribution in [0.4, 0.5) is 11.6 Å². The van der Waals surface area contributed by atoms with E-state index in [0.717, 1.165) is 30.6 Å². The molecule has 0 bridgehead atoms. The molecule has 0 N–H and O–H groups in total. The van der Waals surface area contributed by atoms with E-state index in [4.69, 9.17) is 9.26 Å². The fourth-order valence-corrected chi connectivity index (χ4v) is 3.61. The number of hydrogen-bond donors (Lipinski definition) is 0. The smallest absolute Gasteiger partial charge is 0.270 e. The lowest BCUT2D eigenvalue weighted by atomic mass is 9.98. The SMILES string of the molecule is CC(=O)c1ccc2c(c1)CCCN2c1noc(-c2cccc(C#N)c2OC(C)C)n1. The maximum absolute atomic E-state index is 11.7. The number of aromatic nitrogens is 2. The van der Waals surface area contributed by atoms with Crippen LogP contribution in [-0.4, -0.2) is 28.6 Å². The number of anilines is 2. The Bertz CT molecular complexity index is 1140. The number of rotatable bonds is 5. The monoisotopic (exact) mass is 402 g/mol. The zero-order chi connectivity index (χ0) is 21.3. The van der Waals surface area contributed by atoms with Gasteiger partial charge in [0.05, 0.1) is 17.2 Å². The molecule has 30 heavy (non-hydrogen) atoms. The number of nitrogens with zero attached hydrogens (tertiary/aromatic N) is 4. The summed E-state index contributed by atoms with van der Waals surface area (Å²) in [5.74, 6) is 1.23. The minimum atomic E-state index is -0.106. The molecule has 2 aromatic carbocycles. The second-order valence-electron chi connectivity index (χ2n) is 7.52. The summed E-state index contributed by atoms with van der Waals surface area (Å²) in [6, 6.07) is 13.1. The second-order valence-corrected chi connectivity index (χ2v) is 7.52. The predicted octanol–water partition coefficient (Wildman–Crippen LogP) is 4.68. The van der Waals surface area contributed by atoms with Gasteiger partial charge in [-0.3, -0.25) is 4.79 Å². The van der Waals surface area contributed by atoms with Gasteiger partial charge in [-0.25, -0.2) is 0 Å². The normalized spacial score (nSPS) is 13.1. The number of benzene rings is 2. The van der Waals surface area contributed by atoms with E-state index in [1.807, 2.05) is 36.9 Å². The van der Waals surface area contributed by atoms with Gasteiger partial charge in [-0.15, -0.1) is 0 Å². The largest absolute Gasteiger partial charge is 0.489 e. The van der Waals surface area contributed by atoms with Crippen molar-refractivity contribution in [3.63, 3.8) is 0 Å². The summed E-state index contributed by atoms with van der Waals surface area (Å²) in [4.78, 5) is 18.3. The number of Topliss-reactive ketones (excluding diaryl/α,β-unsaturated/α-hetero) is 1. The number of ether oxygens (including phenoxy) is 1. The zero-order valence-corrected chi connectivity index (χ0v) is 17.2. The lowest BCUT2D eigenvalue weighted by Gasteiger charge is -2.28. The zero-order valence-electron chi connectivity index (χ0n) is 17.2. The standard InChI is InChI=1S/C23H22N4O3/c1-14(2)29-21-18(13-24)6-4-8-19(21)22-25-23(26-30-22)27-11-5-7-17-12-16(15(3)28)9-10-20(17)27/h4,6,8-10,12,14H,5,7,11H2,1-3H3. The molecule has 0 radical (unpaired) electrons. The fraction of sp³-hybridized carbons (Fsp3) is 0.304. The summed E-state index contributed by atoms with van der Waals surface area (Å²) in [6.07, 6.45) is 1.71. The van der Waals surface area contributed by atoms with Crippen molar-refractivity contribution < 1.29 is 14.1 Å². The number of ketones is 1. The molecule has 152 valence electrons. The van der Waals surface area contributed by atoms with Gasteiger partial charge in [-0.1, -0.05) is 6.07 Å². The second kappa shape index (κ2) is 7.99. The van der Waals surface area contributed by atoms with Gasteiger partial charge < -0.3 is 14.2 Å². The molecule has 0 saturated carbocycles. The maximum atomic E-state index is 11.7. The number of hydrogen-bond acceptors (Lipinski definition) is 7. The van der Waals surface area contributed by atoms with Crippen molar-refractivity contribution in [2.24, 2.45) is 0 Å². The van der Waals surface area contributed by atoms with Crippen LogP contribution in [0.15, 0.2) is 40.9 Å². The number of para-hydroxylation sites is 1. The molecule has 1 aromatic heterocycles. The van der Waals surface area contributed by atoms with Crippen LogP contribution in [0.5, 0.6) is 5.75 Å². The lowest BCUT2D eigenvalue weighted by molar-refractivity contribution is 0.101. The molecule has 0 unspecified atom stereocenters. The van der Waals surface area contributed by atoms with Crippen molar-refractivity contribution in [2.75, 3.05) is 11.4 Å². The molecule has 0 aliphatic carbocycles. The van der Waals surface area contributed by atoms with Gasteiger partial charge in [-0.2, -0.15) is 10.2 Å². The molecule has 0 amide bonds. The van der Waals surface area contributed by atoms with Gasteiger partial charge in [0.1, 0.15) is 11.8 Å². The van der Waals surface area contributed by atoms with Crippen molar-refractivity contribution in [2.45, 2.75) is 39.7 Å². The first kappa shape index (κ1) is 19.6. The minimum Gasteiger partial charge on any atom is -0.489 e. The van der Waals surface area contributed by atoms with Crippen molar-refractivity contribution >= 4 is 17.4 Å². The maximum Gasteiger partial charge on any atom is 0.270 e. The summed E-state index contributed by atoms with van der Waals surface area (Å²) in [5, 5.41) is 13.6. The van der Waals surface area contributed by atoms with Crippen molar-refractivity contribution in [1.29, 1.82) is 5.26 Å². The van der Waals surface area contributed by atoms with Crippen LogP contribution in [0.25, 0.3) is 11.5 Å². The lowest BCUT2D eigenvalue weighted by Crippen LogP contribution is -2.25. The first-order valence-corrected chi connectivity index (χ1v) is 9.93. The van der Waals surface area contributed by atoms with Crippen LogP contribution in [0, 0.1) is 11.3 Å². The summed E-state index contributed by atoms with van der Waals surface area (Å²) in [7, 11) is 0. The van der Waals surface area contributed by atoms with Crippen LogP contribution in [0.1, 0.15) is 48.7 Å². The third kappa shape index (κ3) is 3.64. The van der Waals surface area contributed by atoms with Gasteiger partial charge in [0.2, 0.25) is 0 Å². The number of carbonyl (C=O) groups excluding carboxylic acids is 1. The van der Waals surface area contributed by atoms with Crippen molar-refractivity contribution in [1.82, 2.24) is 10.1 Å². The molecular weight excluding hydrogens is 380 g/mol. The Balaban J connectivity index is 1.72. The topological polar surface area (TPSA) is 92.2 Å². The van der Waals surface area contributed by atoms with Gasteiger partial charge in [-0.05, 0) is 74.7 Å². The molecule has 0 atom stereocenters. The molecule has 4 rings (SSSR count). The predicted molar refractivity (Wildman–Crippen MR) is 112 cm³/mol. The summed E-state index contributed by atoms with van der Waals surface area (Å²) in [6.45, 7) is 6.12. The highest BCUT2D eigenvalue weighted by molar-refractivity contribution is 5.95. The quantitative estimate of drug-likeness (QED) is 0.572. The van der Waals surface area contributed by atoms with Crippen molar-refractivity contribution in [3.05, 3.63) is 53.1 Å². The molecular formula is C23H22N4O3. The summed E-state index contributed by atoms with van der Waals surface area (Å²) >= 11 is 0. The van der Waals surface area contributed by atoms with Crippen LogP contribution >= 0.6 is 0 Å². The third-order valence-corrected chi connectivity index (χ3v) is 4.98. The van der Waals surface area contributed by atoms with E-state index >= 15 is 0 Å². The number of aryl methyl sites for hydroxylation is 1. The van der Waals surface area contributed by atoms with E-state index in [9.17, 15) is 10.1 Å². The minimum absolute atomic E-state index is 0.0480. The van der Waals surface area contributed by atoms with Crippen LogP contribution in [0.3, 0.4) is 0 Å². The Morgan fingerprint density at radius 1 is 1.30 bits per heavy atom. The van der Waals surface area contributed by atoms with E-state index in [2.05, 4.69) is 16.2 Å². The molecule has 7 nitrogen and oxygen atoms in total.